The lowest BCUT2D eigenvalue weighted by molar-refractivity contribution is -0.133. The number of carbonyl (C=O) groups excluding carboxylic acids is 2. The van der Waals surface area contributed by atoms with Gasteiger partial charge in [-0.1, -0.05) is 103 Å². The number of alkyl halides is 1. The number of hydrogen-bond acceptors (Lipinski definition) is 2. The van der Waals surface area contributed by atoms with Crippen LogP contribution in [0.3, 0.4) is 0 Å². The Hall–Kier alpha value is -2.33. The van der Waals surface area contributed by atoms with E-state index in [1.54, 1.807) is 0 Å². The van der Waals surface area contributed by atoms with E-state index in [9.17, 15) is 9.59 Å². The number of hydrogen-bond donors (Lipinski definition) is 0. The fourth-order valence-electron chi connectivity index (χ4n) is 4.51. The summed E-state index contributed by atoms with van der Waals surface area (Å²) in [6, 6.07) is 12.1. The van der Waals surface area contributed by atoms with Crippen molar-refractivity contribution in [3.05, 3.63) is 58.7 Å². The summed E-state index contributed by atoms with van der Waals surface area (Å²) < 4.78 is 0. The molecule has 1 fully saturated rings. The predicted molar refractivity (Wildman–Crippen MR) is 134 cm³/mol. The molecule has 2 aromatic carbocycles. The zero-order valence-corrected chi connectivity index (χ0v) is 21.2. The van der Waals surface area contributed by atoms with Crippen LogP contribution in [0, 0.1) is 0 Å². The van der Waals surface area contributed by atoms with Gasteiger partial charge in [0.25, 0.3) is 0 Å². The average Bonchev–Trinajstić information content (AvgIpc) is 2.94. The highest BCUT2D eigenvalue weighted by Crippen LogP contribution is 2.44. The van der Waals surface area contributed by atoms with E-state index in [0.29, 0.717) is 0 Å². The summed E-state index contributed by atoms with van der Waals surface area (Å²) in [6.45, 7) is 16.8. The molecule has 0 aromatic heterocycles. The fourth-order valence-corrected chi connectivity index (χ4v) is 4.88. The van der Waals surface area contributed by atoms with Gasteiger partial charge in [-0.25, -0.2) is 0 Å². The third-order valence-electron chi connectivity index (χ3n) is 6.21. The Kier molecular flexibility index (Phi) is 7.04. The quantitative estimate of drug-likeness (QED) is 0.265. The Morgan fingerprint density at radius 1 is 0.594 bits per heavy atom. The summed E-state index contributed by atoms with van der Waals surface area (Å²) >= 11 is 7.02. The van der Waals surface area contributed by atoms with Gasteiger partial charge in [-0.3, -0.25) is 19.4 Å². The number of rotatable bonds is 6. The van der Waals surface area contributed by atoms with Crippen molar-refractivity contribution in [2.75, 3.05) is 9.80 Å². The number of halogens is 1. The summed E-state index contributed by atoms with van der Waals surface area (Å²) in [7, 11) is 0. The fraction of sp³-hybridized carbons (Fsp3) is 0.481. The summed E-state index contributed by atoms with van der Waals surface area (Å²) in [4.78, 5) is 29.9. The van der Waals surface area contributed by atoms with E-state index in [0.717, 1.165) is 33.6 Å². The first-order chi connectivity index (χ1) is 15.0. The van der Waals surface area contributed by atoms with Gasteiger partial charge in [0.05, 0.1) is 11.4 Å². The molecule has 0 aliphatic carbocycles. The highest BCUT2D eigenvalue weighted by Gasteiger charge is 2.48. The highest BCUT2D eigenvalue weighted by atomic mass is 35.5. The minimum atomic E-state index is -0.926. The Bertz CT molecular complexity index is 892. The number of nitrogens with zero attached hydrogens (tertiary/aromatic N) is 2. The molecule has 0 saturated carbocycles. The van der Waals surface area contributed by atoms with Crippen LogP contribution < -0.4 is 9.80 Å². The van der Waals surface area contributed by atoms with Gasteiger partial charge in [-0.05, 0) is 45.9 Å². The molecule has 0 bridgehead atoms. The van der Waals surface area contributed by atoms with Crippen LogP contribution >= 0.6 is 11.6 Å². The molecule has 0 radical (unpaired) electrons. The second kappa shape index (κ2) is 9.27. The molecule has 1 aliphatic heterocycles. The van der Waals surface area contributed by atoms with Gasteiger partial charge in [0.15, 0.2) is 5.62 Å². The molecule has 0 unspecified atom stereocenters. The maximum absolute atomic E-state index is 13.5. The van der Waals surface area contributed by atoms with E-state index in [2.05, 4.69) is 55.4 Å². The third kappa shape index (κ3) is 4.05. The number of benzene rings is 2. The lowest BCUT2D eigenvalue weighted by Crippen LogP contribution is -2.38. The maximum Gasteiger partial charge on any atom is 0.319 e. The standard InChI is InChI=1S/C27H35ClN2O2/c1-15(2)19-11-9-12-20(16(3)4)23(19)29-25(31)26(32)30(27(29)28)24-21(17(5)6)13-10-14-22(24)18(7)8/h9-18,27H,1-8H3. The normalized spacial score (nSPS) is 15.4. The molecular formula is C27H35ClN2O2. The van der Waals surface area contributed by atoms with Crippen LogP contribution in [0.5, 0.6) is 0 Å². The van der Waals surface area contributed by atoms with E-state index in [1.165, 1.54) is 9.80 Å². The van der Waals surface area contributed by atoms with Crippen LogP contribution in [-0.4, -0.2) is 17.4 Å². The molecule has 5 heteroatoms. The summed E-state index contributed by atoms with van der Waals surface area (Å²) in [5, 5.41) is 0. The number of amides is 2. The number of para-hydroxylation sites is 2. The minimum absolute atomic E-state index is 0.179. The summed E-state index contributed by atoms with van der Waals surface area (Å²) in [5.41, 5.74) is 4.69. The van der Waals surface area contributed by atoms with Gasteiger partial charge in [0.2, 0.25) is 0 Å². The van der Waals surface area contributed by atoms with E-state index >= 15 is 0 Å². The molecule has 0 spiro atoms. The van der Waals surface area contributed by atoms with Crippen molar-refractivity contribution in [1.82, 2.24) is 0 Å². The molecule has 3 rings (SSSR count). The van der Waals surface area contributed by atoms with E-state index < -0.39 is 17.4 Å². The van der Waals surface area contributed by atoms with Crippen LogP contribution in [0.25, 0.3) is 0 Å². The van der Waals surface area contributed by atoms with Crippen LogP contribution in [0.2, 0.25) is 0 Å². The predicted octanol–water partition coefficient (Wildman–Crippen LogP) is 7.08. The van der Waals surface area contributed by atoms with Crippen LogP contribution in [0.15, 0.2) is 36.4 Å². The molecule has 1 saturated heterocycles. The smallest absolute Gasteiger partial charge is 0.268 e. The van der Waals surface area contributed by atoms with Crippen molar-refractivity contribution in [2.24, 2.45) is 0 Å². The number of anilines is 2. The molecule has 1 aliphatic rings. The first-order valence-electron chi connectivity index (χ1n) is 11.5. The molecule has 32 heavy (non-hydrogen) atoms. The van der Waals surface area contributed by atoms with E-state index in [1.807, 2.05) is 36.4 Å². The maximum atomic E-state index is 13.5. The van der Waals surface area contributed by atoms with Gasteiger partial charge >= 0.3 is 11.8 Å². The molecule has 2 amide bonds. The molecule has 172 valence electrons. The first kappa shape index (κ1) is 24.3. The van der Waals surface area contributed by atoms with Crippen molar-refractivity contribution < 1.29 is 9.59 Å². The van der Waals surface area contributed by atoms with Crippen LogP contribution in [0.4, 0.5) is 11.4 Å². The first-order valence-corrected chi connectivity index (χ1v) is 12.0. The van der Waals surface area contributed by atoms with Crippen LogP contribution in [-0.2, 0) is 9.59 Å². The Labute approximate surface area is 197 Å². The third-order valence-corrected chi connectivity index (χ3v) is 6.60. The van der Waals surface area contributed by atoms with Crippen molar-refractivity contribution in [3.63, 3.8) is 0 Å². The van der Waals surface area contributed by atoms with Crippen LogP contribution in [0.1, 0.15) is 101 Å². The van der Waals surface area contributed by atoms with Gasteiger partial charge in [-0.15, -0.1) is 0 Å². The summed E-state index contributed by atoms with van der Waals surface area (Å²) in [6.07, 6.45) is 0. The van der Waals surface area contributed by atoms with Gasteiger partial charge in [0.1, 0.15) is 0 Å². The van der Waals surface area contributed by atoms with Gasteiger partial charge in [-0.2, -0.15) is 0 Å². The largest absolute Gasteiger partial charge is 0.319 e. The van der Waals surface area contributed by atoms with E-state index in [-0.39, 0.29) is 23.7 Å². The van der Waals surface area contributed by atoms with Crippen molar-refractivity contribution in [1.29, 1.82) is 0 Å². The van der Waals surface area contributed by atoms with Crippen molar-refractivity contribution in [2.45, 2.75) is 84.7 Å². The molecule has 0 N–H and O–H groups in total. The highest BCUT2D eigenvalue weighted by molar-refractivity contribution is 6.52. The van der Waals surface area contributed by atoms with Gasteiger partial charge in [0, 0.05) is 0 Å². The monoisotopic (exact) mass is 454 g/mol. The minimum Gasteiger partial charge on any atom is -0.268 e. The van der Waals surface area contributed by atoms with Crippen molar-refractivity contribution in [3.8, 4) is 0 Å². The van der Waals surface area contributed by atoms with Crippen molar-refractivity contribution >= 4 is 34.8 Å². The zero-order valence-electron chi connectivity index (χ0n) is 20.4. The Balaban J connectivity index is 2.26. The zero-order chi connectivity index (χ0) is 23.9. The van der Waals surface area contributed by atoms with Gasteiger partial charge < -0.3 is 0 Å². The SMILES string of the molecule is CC(C)c1cccc(C(C)C)c1N1C(=O)C(=O)N(c2c(C(C)C)cccc2C(C)C)C1Cl. The number of carbonyl (C=O) groups is 2. The second-order valence-electron chi connectivity index (χ2n) is 9.85. The Morgan fingerprint density at radius 2 is 0.844 bits per heavy atom. The Morgan fingerprint density at radius 3 is 1.06 bits per heavy atom. The molecule has 2 aromatic rings. The van der Waals surface area contributed by atoms with E-state index in [4.69, 9.17) is 11.6 Å². The molecule has 1 heterocycles. The lowest BCUT2D eigenvalue weighted by atomic mass is 9.92. The second-order valence-corrected chi connectivity index (χ2v) is 10.2. The molecular weight excluding hydrogens is 420 g/mol. The topological polar surface area (TPSA) is 40.6 Å². The molecule has 0 atom stereocenters. The lowest BCUT2D eigenvalue weighted by Gasteiger charge is -2.32. The molecule has 4 nitrogen and oxygen atoms in total. The average molecular weight is 455 g/mol. The summed E-state index contributed by atoms with van der Waals surface area (Å²) in [5.74, 6) is -0.434.